The van der Waals surface area contributed by atoms with Crippen molar-refractivity contribution in [2.45, 2.75) is 73.1 Å². The summed E-state index contributed by atoms with van der Waals surface area (Å²) in [6, 6.07) is 44.1. The molecule has 4 heterocycles. The molecule has 0 saturated heterocycles. The van der Waals surface area contributed by atoms with Crippen molar-refractivity contribution in [3.05, 3.63) is 144 Å². The smallest absolute Gasteiger partial charge is 0.216 e. The molecule has 0 aliphatic rings. The molecule has 4 aromatic carbocycles. The summed E-state index contributed by atoms with van der Waals surface area (Å²) in [5.74, 6) is 2.39. The molecule has 8 rings (SSSR count). The number of benzene rings is 4. The summed E-state index contributed by atoms with van der Waals surface area (Å²) in [4.78, 5) is 14.6. The van der Waals surface area contributed by atoms with Gasteiger partial charge in [0.2, 0.25) is 5.71 Å². The normalized spacial score (nSPS) is 12.3. The zero-order valence-corrected chi connectivity index (χ0v) is 36.5. The van der Waals surface area contributed by atoms with Crippen molar-refractivity contribution in [3.8, 4) is 22.6 Å². The molecule has 1 atom stereocenters. The molecule has 0 bridgehead atoms. The Morgan fingerprint density at radius 1 is 0.764 bits per heavy atom. The van der Waals surface area contributed by atoms with E-state index in [9.17, 15) is 0 Å². The minimum absolute atomic E-state index is 0. The van der Waals surface area contributed by atoms with Crippen LogP contribution in [0.1, 0.15) is 57.4 Å². The second-order valence-corrected chi connectivity index (χ2v) is 21.2. The minimum atomic E-state index is -1.34. The standard InChI is InChI=1S/C30H26N3O.C18H24NSi.Ir/c1-19(2)20(3)25-17-16-23-22-12-9-13-24(28(22)34-30(23)32-25)29-31-26-14-7-8-15-27(26)33(29)18-21-10-5-4-6-11-21;1-14(2)11-16-12-17(15-9-7-6-8-10-15)19-13-18(16)20(3,4)5;/h4-12,14-17,19-20H,18H2,1-3H3;6-9,12-14H,11H2,1-5H3;/q2*-1;. The molecular formula is C48H50IrN4OSi-2. The maximum absolute atomic E-state index is 6.41. The molecule has 0 saturated carbocycles. The van der Waals surface area contributed by atoms with Crippen LogP contribution in [0.25, 0.3) is 55.7 Å². The van der Waals surface area contributed by atoms with E-state index in [0.717, 1.165) is 68.7 Å². The summed E-state index contributed by atoms with van der Waals surface area (Å²) in [5.41, 5.74) is 10.2. The van der Waals surface area contributed by atoms with Crippen molar-refractivity contribution in [1.82, 2.24) is 19.5 Å². The van der Waals surface area contributed by atoms with Crippen LogP contribution < -0.4 is 5.19 Å². The average Bonchev–Trinajstić information content (AvgIpc) is 3.72. The second-order valence-electron chi connectivity index (χ2n) is 16.2. The number of para-hydroxylation sites is 2. The van der Waals surface area contributed by atoms with Crippen LogP contribution in [-0.4, -0.2) is 27.6 Å². The molecule has 0 amide bonds. The Hall–Kier alpha value is -4.68. The number of imidazole rings is 1. The Bertz CT molecular complexity index is 2520. The van der Waals surface area contributed by atoms with Gasteiger partial charge in [0.25, 0.3) is 0 Å². The quantitative estimate of drug-likeness (QED) is 0.107. The first-order valence-corrected chi connectivity index (χ1v) is 22.7. The molecule has 0 aliphatic heterocycles. The number of furan rings is 1. The summed E-state index contributed by atoms with van der Waals surface area (Å²) in [6.07, 6.45) is 3.24. The number of pyridine rings is 2. The van der Waals surface area contributed by atoms with E-state index in [2.05, 4.69) is 155 Å². The van der Waals surface area contributed by atoms with Crippen LogP contribution in [0.15, 0.2) is 120 Å². The Morgan fingerprint density at radius 2 is 1.51 bits per heavy atom. The van der Waals surface area contributed by atoms with Crippen molar-refractivity contribution in [2.75, 3.05) is 0 Å². The number of fused-ring (bicyclic) bond motifs is 4. The van der Waals surface area contributed by atoms with E-state index in [-0.39, 0.29) is 20.1 Å². The molecule has 4 aromatic heterocycles. The van der Waals surface area contributed by atoms with Crippen LogP contribution in [0.4, 0.5) is 0 Å². The zero-order chi connectivity index (χ0) is 38.0. The molecule has 55 heavy (non-hydrogen) atoms. The number of rotatable bonds is 9. The van der Waals surface area contributed by atoms with E-state index in [1.165, 1.54) is 16.3 Å². The predicted molar refractivity (Wildman–Crippen MR) is 228 cm³/mol. The molecule has 0 fully saturated rings. The first-order valence-electron chi connectivity index (χ1n) is 19.2. The van der Waals surface area contributed by atoms with Crippen LogP contribution in [-0.2, 0) is 33.1 Å². The van der Waals surface area contributed by atoms with Gasteiger partial charge in [0, 0.05) is 49.8 Å². The summed E-state index contributed by atoms with van der Waals surface area (Å²) in [7, 11) is -1.34. The monoisotopic (exact) mass is 919 g/mol. The average molecular weight is 919 g/mol. The number of hydrogen-bond donors (Lipinski definition) is 0. The van der Waals surface area contributed by atoms with Crippen LogP contribution in [0.3, 0.4) is 0 Å². The SMILES string of the molecule is CC(C)C(C)c1ccc2c(n1)oc1c(-c3nc4ccccc4n3Cc3ccccc3)[c-]ccc12.CC(C)Cc1cc(-c2[c-]cccc2)ncc1[Si](C)(C)C.[Ir]. The van der Waals surface area contributed by atoms with Gasteiger partial charge in [-0.1, -0.05) is 119 Å². The Labute approximate surface area is 340 Å². The van der Waals surface area contributed by atoms with Gasteiger partial charge in [-0.3, -0.25) is 4.98 Å². The van der Waals surface area contributed by atoms with E-state index < -0.39 is 8.07 Å². The largest absolute Gasteiger partial charge is 0.486 e. The van der Waals surface area contributed by atoms with Gasteiger partial charge in [-0.2, -0.15) is 0 Å². The van der Waals surface area contributed by atoms with E-state index >= 15 is 0 Å². The summed E-state index contributed by atoms with van der Waals surface area (Å²) in [5, 5.41) is 3.56. The van der Waals surface area contributed by atoms with E-state index in [0.29, 0.717) is 23.5 Å². The molecule has 0 N–H and O–H groups in total. The number of hydrogen-bond acceptors (Lipinski definition) is 4. The summed E-state index contributed by atoms with van der Waals surface area (Å²) < 4.78 is 8.67. The Balaban J connectivity index is 0.000000211. The van der Waals surface area contributed by atoms with Gasteiger partial charge in [0.1, 0.15) is 0 Å². The van der Waals surface area contributed by atoms with E-state index in [4.69, 9.17) is 14.4 Å². The predicted octanol–water partition coefficient (Wildman–Crippen LogP) is 11.9. The van der Waals surface area contributed by atoms with Crippen molar-refractivity contribution in [2.24, 2.45) is 11.8 Å². The topological polar surface area (TPSA) is 56.7 Å². The Kier molecular flexibility index (Phi) is 12.4. The maximum atomic E-state index is 6.41. The minimum Gasteiger partial charge on any atom is -0.486 e. The number of aromatic nitrogens is 4. The fourth-order valence-corrected chi connectivity index (χ4v) is 8.66. The van der Waals surface area contributed by atoms with E-state index in [1.807, 2.05) is 36.4 Å². The van der Waals surface area contributed by atoms with Crippen molar-refractivity contribution >= 4 is 46.4 Å². The zero-order valence-electron chi connectivity index (χ0n) is 33.1. The molecular weight excluding hydrogens is 869 g/mol. The fraction of sp³-hybridized carbons (Fsp3) is 0.271. The molecule has 0 aliphatic carbocycles. The van der Waals surface area contributed by atoms with Crippen molar-refractivity contribution < 1.29 is 24.5 Å². The van der Waals surface area contributed by atoms with Gasteiger partial charge in [-0.25, -0.2) is 4.98 Å². The molecule has 283 valence electrons. The first-order chi connectivity index (χ1) is 26.0. The number of nitrogens with zero attached hydrogens (tertiary/aromatic N) is 4. The van der Waals surface area contributed by atoms with Crippen LogP contribution in [0.2, 0.25) is 19.6 Å². The third-order valence-electron chi connectivity index (χ3n) is 10.3. The molecule has 5 nitrogen and oxygen atoms in total. The van der Waals surface area contributed by atoms with Crippen LogP contribution in [0, 0.1) is 24.0 Å². The third kappa shape index (κ3) is 8.75. The fourth-order valence-electron chi connectivity index (χ4n) is 7.07. The maximum Gasteiger partial charge on any atom is 0.216 e. The third-order valence-corrected chi connectivity index (χ3v) is 12.3. The van der Waals surface area contributed by atoms with Crippen molar-refractivity contribution in [3.63, 3.8) is 0 Å². The Morgan fingerprint density at radius 3 is 2.22 bits per heavy atom. The van der Waals surface area contributed by atoms with Crippen LogP contribution in [0.5, 0.6) is 0 Å². The van der Waals surface area contributed by atoms with Gasteiger partial charge in [-0.05, 0) is 59.0 Å². The van der Waals surface area contributed by atoms with Gasteiger partial charge >= 0.3 is 0 Å². The van der Waals surface area contributed by atoms with Crippen LogP contribution >= 0.6 is 0 Å². The second kappa shape index (κ2) is 17.0. The molecule has 0 spiro atoms. The first kappa shape index (κ1) is 40.0. The van der Waals surface area contributed by atoms with Gasteiger partial charge in [0.05, 0.1) is 30.5 Å². The van der Waals surface area contributed by atoms with Crippen molar-refractivity contribution in [1.29, 1.82) is 0 Å². The summed E-state index contributed by atoms with van der Waals surface area (Å²) >= 11 is 0. The molecule has 8 aromatic rings. The summed E-state index contributed by atoms with van der Waals surface area (Å²) in [6.45, 7) is 19.1. The van der Waals surface area contributed by atoms with Gasteiger partial charge < -0.3 is 14.0 Å². The molecule has 1 unspecified atom stereocenters. The van der Waals surface area contributed by atoms with Gasteiger partial charge in [0.15, 0.2) is 0 Å². The van der Waals surface area contributed by atoms with Gasteiger partial charge in [-0.15, -0.1) is 54.1 Å². The van der Waals surface area contributed by atoms with E-state index in [1.54, 1.807) is 0 Å². The molecule has 7 heteroatoms. The molecule has 1 radical (unpaired) electrons.